The molecule has 5 nitrogen and oxygen atoms in total. The van der Waals surface area contributed by atoms with Crippen LogP contribution in [0.1, 0.15) is 48.1 Å². The Morgan fingerprint density at radius 2 is 2.04 bits per heavy atom. The number of aryl methyl sites for hydroxylation is 1. The number of nitrogens with zero attached hydrogens (tertiary/aromatic N) is 2. The first kappa shape index (κ1) is 16.1. The van der Waals surface area contributed by atoms with E-state index in [0.717, 1.165) is 36.6 Å². The van der Waals surface area contributed by atoms with E-state index in [1.54, 1.807) is 0 Å². The smallest absolute Gasteiger partial charge is 0.255 e. The van der Waals surface area contributed by atoms with E-state index in [0.29, 0.717) is 6.54 Å². The van der Waals surface area contributed by atoms with E-state index >= 15 is 0 Å². The van der Waals surface area contributed by atoms with Gasteiger partial charge < -0.3 is 9.97 Å². The Balaban J connectivity index is 1.63. The van der Waals surface area contributed by atoms with Gasteiger partial charge in [-0.25, -0.2) is 4.98 Å². The maximum atomic E-state index is 12.5. The third-order valence-electron chi connectivity index (χ3n) is 5.12. The van der Waals surface area contributed by atoms with Crippen LogP contribution in [-0.2, 0) is 19.5 Å². The van der Waals surface area contributed by atoms with Gasteiger partial charge in [-0.1, -0.05) is 32.0 Å². The van der Waals surface area contributed by atoms with Crippen molar-refractivity contribution in [1.29, 1.82) is 0 Å². The van der Waals surface area contributed by atoms with E-state index in [9.17, 15) is 4.79 Å². The number of rotatable bonds is 3. The molecule has 5 heteroatoms. The maximum Gasteiger partial charge on any atom is 0.255 e. The zero-order chi connectivity index (χ0) is 17.6. The van der Waals surface area contributed by atoms with E-state index in [2.05, 4.69) is 64.9 Å². The van der Waals surface area contributed by atoms with Crippen LogP contribution in [0.15, 0.2) is 29.1 Å². The van der Waals surface area contributed by atoms with Gasteiger partial charge >= 0.3 is 0 Å². The summed E-state index contributed by atoms with van der Waals surface area (Å²) in [7, 11) is 0. The minimum Gasteiger partial charge on any atom is -0.358 e. The second kappa shape index (κ2) is 6.15. The second-order valence-electron chi connectivity index (χ2n) is 7.27. The van der Waals surface area contributed by atoms with Gasteiger partial charge in [-0.3, -0.25) is 9.69 Å². The summed E-state index contributed by atoms with van der Waals surface area (Å²) in [4.78, 5) is 25.9. The van der Waals surface area contributed by atoms with Crippen LogP contribution in [-0.4, -0.2) is 26.4 Å². The highest BCUT2D eigenvalue weighted by molar-refractivity contribution is 5.84. The number of nitrogens with one attached hydrogen (secondary N) is 2. The lowest BCUT2D eigenvalue weighted by molar-refractivity contribution is 0.241. The van der Waals surface area contributed by atoms with Crippen molar-refractivity contribution in [3.05, 3.63) is 63.0 Å². The molecule has 0 unspecified atom stereocenters. The highest BCUT2D eigenvalue weighted by atomic mass is 16.1. The number of H-pyrrole nitrogens is 2. The molecule has 0 bridgehead atoms. The lowest BCUT2D eigenvalue weighted by Gasteiger charge is -2.28. The summed E-state index contributed by atoms with van der Waals surface area (Å²) in [6.07, 6.45) is 0.834. The summed E-state index contributed by atoms with van der Waals surface area (Å²) < 4.78 is 0. The van der Waals surface area contributed by atoms with Crippen molar-refractivity contribution < 1.29 is 0 Å². The fourth-order valence-corrected chi connectivity index (χ4v) is 3.67. The predicted molar refractivity (Wildman–Crippen MR) is 99.8 cm³/mol. The minimum atomic E-state index is 0.0223. The molecule has 1 aliphatic heterocycles. The SMILES string of the molecule is Cc1[nH]c2ccccc2c1CN1CCc2nc(C(C)C)[nH]c(=O)c2C1. The van der Waals surface area contributed by atoms with Crippen molar-refractivity contribution >= 4 is 10.9 Å². The predicted octanol–water partition coefficient (Wildman–Crippen LogP) is 3.24. The molecule has 0 saturated heterocycles. The fraction of sp³-hybridized carbons (Fsp3) is 0.400. The third kappa shape index (κ3) is 2.89. The molecule has 0 amide bonds. The quantitative estimate of drug-likeness (QED) is 0.772. The molecule has 0 aliphatic carbocycles. The van der Waals surface area contributed by atoms with Crippen LogP contribution in [0.25, 0.3) is 10.9 Å². The van der Waals surface area contributed by atoms with Crippen molar-refractivity contribution in [2.24, 2.45) is 0 Å². The lowest BCUT2D eigenvalue weighted by atomic mass is 10.0. The van der Waals surface area contributed by atoms with Gasteiger partial charge in [0.05, 0.1) is 11.3 Å². The Bertz CT molecular complexity index is 983. The molecule has 0 atom stereocenters. The second-order valence-corrected chi connectivity index (χ2v) is 7.27. The Kier molecular flexibility index (Phi) is 3.96. The first-order valence-electron chi connectivity index (χ1n) is 8.93. The van der Waals surface area contributed by atoms with Gasteiger partial charge in [-0.15, -0.1) is 0 Å². The van der Waals surface area contributed by atoms with Crippen molar-refractivity contribution in [2.75, 3.05) is 6.54 Å². The first-order valence-corrected chi connectivity index (χ1v) is 8.93. The molecular formula is C20H24N4O. The summed E-state index contributed by atoms with van der Waals surface area (Å²) in [5, 5.41) is 1.27. The Hall–Kier alpha value is -2.40. The van der Waals surface area contributed by atoms with Crippen LogP contribution in [0.3, 0.4) is 0 Å². The Labute approximate surface area is 147 Å². The van der Waals surface area contributed by atoms with Crippen molar-refractivity contribution in [3.63, 3.8) is 0 Å². The molecule has 0 fully saturated rings. The normalized spacial score (nSPS) is 15.0. The zero-order valence-electron chi connectivity index (χ0n) is 15.0. The molecule has 25 heavy (non-hydrogen) atoms. The van der Waals surface area contributed by atoms with Gasteiger partial charge in [-0.05, 0) is 18.6 Å². The number of benzene rings is 1. The Morgan fingerprint density at radius 1 is 1.24 bits per heavy atom. The number of aromatic nitrogens is 3. The number of fused-ring (bicyclic) bond motifs is 2. The molecule has 2 N–H and O–H groups in total. The van der Waals surface area contributed by atoms with E-state index in [1.807, 2.05) is 0 Å². The average Bonchev–Trinajstić information content (AvgIpc) is 2.91. The summed E-state index contributed by atoms with van der Waals surface area (Å²) in [5.41, 5.74) is 5.52. The van der Waals surface area contributed by atoms with Gasteiger partial charge in [0.2, 0.25) is 0 Å². The van der Waals surface area contributed by atoms with Gasteiger partial charge in [-0.2, -0.15) is 0 Å². The van der Waals surface area contributed by atoms with Crippen molar-refractivity contribution in [1.82, 2.24) is 19.9 Å². The van der Waals surface area contributed by atoms with Gasteiger partial charge in [0.1, 0.15) is 5.82 Å². The van der Waals surface area contributed by atoms with Crippen LogP contribution in [0, 0.1) is 6.92 Å². The first-order chi connectivity index (χ1) is 12.0. The monoisotopic (exact) mass is 336 g/mol. The summed E-state index contributed by atoms with van der Waals surface area (Å²) in [6, 6.07) is 8.40. The van der Waals surface area contributed by atoms with Gasteiger partial charge in [0.25, 0.3) is 5.56 Å². The zero-order valence-corrected chi connectivity index (χ0v) is 15.0. The van der Waals surface area contributed by atoms with E-state index < -0.39 is 0 Å². The molecule has 1 aromatic carbocycles. The van der Waals surface area contributed by atoms with Crippen LogP contribution in [0.5, 0.6) is 0 Å². The van der Waals surface area contributed by atoms with Crippen LogP contribution in [0.2, 0.25) is 0 Å². The maximum absolute atomic E-state index is 12.5. The summed E-state index contributed by atoms with van der Waals surface area (Å²) in [6.45, 7) is 8.67. The molecule has 130 valence electrons. The molecule has 4 rings (SSSR count). The molecule has 2 aromatic heterocycles. The molecular weight excluding hydrogens is 312 g/mol. The molecule has 0 radical (unpaired) electrons. The van der Waals surface area contributed by atoms with Crippen LogP contribution in [0.4, 0.5) is 0 Å². The number of para-hydroxylation sites is 1. The molecule has 1 aliphatic rings. The Morgan fingerprint density at radius 3 is 2.84 bits per heavy atom. The largest absolute Gasteiger partial charge is 0.358 e. The minimum absolute atomic E-state index is 0.0223. The highest BCUT2D eigenvalue weighted by Gasteiger charge is 2.23. The van der Waals surface area contributed by atoms with Crippen LogP contribution < -0.4 is 5.56 Å². The highest BCUT2D eigenvalue weighted by Crippen LogP contribution is 2.25. The van der Waals surface area contributed by atoms with Gasteiger partial charge in [0.15, 0.2) is 0 Å². The summed E-state index contributed by atoms with van der Waals surface area (Å²) in [5.74, 6) is 1.04. The lowest BCUT2D eigenvalue weighted by Crippen LogP contribution is -2.36. The van der Waals surface area contributed by atoms with Crippen molar-refractivity contribution in [3.8, 4) is 0 Å². The molecule has 0 saturated carbocycles. The van der Waals surface area contributed by atoms with Gasteiger partial charge in [0, 0.05) is 48.6 Å². The molecule has 0 spiro atoms. The standard InChI is InChI=1S/C20H24N4O/c1-12(2)19-22-18-8-9-24(11-16(18)20(25)23-19)10-15-13(3)21-17-7-5-4-6-14(15)17/h4-7,12,21H,8-11H2,1-3H3,(H,22,23,25). The molecule has 3 heterocycles. The number of hydrogen-bond acceptors (Lipinski definition) is 3. The molecule has 3 aromatic rings. The number of aromatic amines is 2. The van der Waals surface area contributed by atoms with E-state index in [-0.39, 0.29) is 11.5 Å². The number of hydrogen-bond donors (Lipinski definition) is 2. The van der Waals surface area contributed by atoms with E-state index in [1.165, 1.54) is 22.2 Å². The van der Waals surface area contributed by atoms with Crippen LogP contribution >= 0.6 is 0 Å². The van der Waals surface area contributed by atoms with E-state index in [4.69, 9.17) is 0 Å². The topological polar surface area (TPSA) is 64.8 Å². The summed E-state index contributed by atoms with van der Waals surface area (Å²) >= 11 is 0. The van der Waals surface area contributed by atoms with Crippen molar-refractivity contribution in [2.45, 2.75) is 46.2 Å². The fourth-order valence-electron chi connectivity index (χ4n) is 3.67. The average molecular weight is 336 g/mol. The third-order valence-corrected chi connectivity index (χ3v) is 5.12.